The van der Waals surface area contributed by atoms with Gasteiger partial charge in [-0.15, -0.1) is 0 Å². The van der Waals surface area contributed by atoms with Crippen LogP contribution in [0.3, 0.4) is 0 Å². The SMILES string of the molecule is CC1CC(S(=O)(=O)NCCNC(=O)c2ccc(Cl)cc2)C1. The molecule has 7 heteroatoms. The van der Waals surface area contributed by atoms with E-state index in [1.54, 1.807) is 24.3 Å². The van der Waals surface area contributed by atoms with Crippen molar-refractivity contribution in [3.8, 4) is 0 Å². The first-order valence-electron chi connectivity index (χ1n) is 6.91. The van der Waals surface area contributed by atoms with Crippen LogP contribution >= 0.6 is 11.6 Å². The molecule has 1 saturated carbocycles. The van der Waals surface area contributed by atoms with Gasteiger partial charge < -0.3 is 5.32 Å². The zero-order valence-corrected chi connectivity index (χ0v) is 13.4. The van der Waals surface area contributed by atoms with Crippen molar-refractivity contribution >= 4 is 27.5 Å². The number of amides is 1. The second kappa shape index (κ2) is 6.77. The van der Waals surface area contributed by atoms with Crippen LogP contribution in [0, 0.1) is 5.92 Å². The molecule has 0 aliphatic heterocycles. The van der Waals surface area contributed by atoms with Gasteiger partial charge in [0.05, 0.1) is 5.25 Å². The Hall–Kier alpha value is -1.11. The summed E-state index contributed by atoms with van der Waals surface area (Å²) < 4.78 is 26.3. The number of nitrogens with one attached hydrogen (secondary N) is 2. The maximum atomic E-state index is 11.9. The molecule has 1 aliphatic rings. The molecule has 2 N–H and O–H groups in total. The standard InChI is InChI=1S/C14H19ClN2O3S/c1-10-8-13(9-10)21(19,20)17-7-6-16-14(18)11-2-4-12(15)5-3-11/h2-5,10,13,17H,6-9H2,1H3,(H,16,18). The van der Waals surface area contributed by atoms with Gasteiger partial charge in [0.15, 0.2) is 0 Å². The lowest BCUT2D eigenvalue weighted by atomic mass is 9.87. The average Bonchev–Trinajstić information content (AvgIpc) is 2.40. The molecular weight excluding hydrogens is 312 g/mol. The summed E-state index contributed by atoms with van der Waals surface area (Å²) in [6, 6.07) is 6.52. The molecule has 0 unspecified atom stereocenters. The van der Waals surface area contributed by atoms with Crippen LogP contribution in [0.25, 0.3) is 0 Å². The Morgan fingerprint density at radius 1 is 1.24 bits per heavy atom. The fourth-order valence-corrected chi connectivity index (χ4v) is 4.18. The van der Waals surface area contributed by atoms with E-state index >= 15 is 0 Å². The van der Waals surface area contributed by atoms with Gasteiger partial charge in [-0.25, -0.2) is 13.1 Å². The molecule has 116 valence electrons. The molecule has 1 aromatic carbocycles. The Morgan fingerprint density at radius 3 is 2.43 bits per heavy atom. The molecule has 0 aromatic heterocycles. The number of hydrogen-bond donors (Lipinski definition) is 2. The third-order valence-corrected chi connectivity index (χ3v) is 5.71. The molecule has 1 aromatic rings. The van der Waals surface area contributed by atoms with Crippen molar-refractivity contribution in [1.29, 1.82) is 0 Å². The highest BCUT2D eigenvalue weighted by atomic mass is 35.5. The first kappa shape index (κ1) is 16.3. The zero-order chi connectivity index (χ0) is 15.5. The van der Waals surface area contributed by atoms with Crippen molar-refractivity contribution in [2.75, 3.05) is 13.1 Å². The molecule has 0 heterocycles. The minimum absolute atomic E-state index is 0.201. The molecule has 0 spiro atoms. The van der Waals surface area contributed by atoms with Crippen molar-refractivity contribution in [1.82, 2.24) is 10.0 Å². The summed E-state index contributed by atoms with van der Waals surface area (Å²) in [5.41, 5.74) is 0.495. The van der Waals surface area contributed by atoms with Gasteiger partial charge in [-0.3, -0.25) is 4.79 Å². The predicted molar refractivity (Wildman–Crippen MR) is 82.9 cm³/mol. The van der Waals surface area contributed by atoms with Crippen LogP contribution in [0.4, 0.5) is 0 Å². The lowest BCUT2D eigenvalue weighted by Crippen LogP contribution is -2.44. The smallest absolute Gasteiger partial charge is 0.251 e. The minimum Gasteiger partial charge on any atom is -0.351 e. The molecule has 5 nitrogen and oxygen atoms in total. The summed E-state index contributed by atoms with van der Waals surface area (Å²) in [7, 11) is -3.24. The van der Waals surface area contributed by atoms with E-state index in [-0.39, 0.29) is 24.2 Å². The van der Waals surface area contributed by atoms with Crippen molar-refractivity contribution in [3.63, 3.8) is 0 Å². The third kappa shape index (κ3) is 4.43. The number of carbonyl (C=O) groups is 1. The molecule has 0 radical (unpaired) electrons. The lowest BCUT2D eigenvalue weighted by Gasteiger charge is -2.32. The quantitative estimate of drug-likeness (QED) is 0.781. The van der Waals surface area contributed by atoms with Crippen LogP contribution in [0.1, 0.15) is 30.1 Å². The zero-order valence-electron chi connectivity index (χ0n) is 11.8. The highest BCUT2D eigenvalue weighted by Crippen LogP contribution is 2.31. The van der Waals surface area contributed by atoms with Gasteiger partial charge in [0.25, 0.3) is 5.91 Å². The second-order valence-electron chi connectivity index (χ2n) is 5.40. The predicted octanol–water partition coefficient (Wildman–Crippen LogP) is 1.79. The number of rotatable bonds is 6. The first-order chi connectivity index (χ1) is 9.88. The number of sulfonamides is 1. The van der Waals surface area contributed by atoms with E-state index < -0.39 is 10.0 Å². The van der Waals surface area contributed by atoms with E-state index in [1.165, 1.54) is 0 Å². The van der Waals surface area contributed by atoms with Crippen LogP contribution in [-0.2, 0) is 10.0 Å². The maximum absolute atomic E-state index is 11.9. The first-order valence-corrected chi connectivity index (χ1v) is 8.83. The lowest BCUT2D eigenvalue weighted by molar-refractivity contribution is 0.0954. The second-order valence-corrected chi connectivity index (χ2v) is 7.88. The Kier molecular flexibility index (Phi) is 5.24. The fourth-order valence-electron chi connectivity index (χ4n) is 2.27. The van der Waals surface area contributed by atoms with Gasteiger partial charge in [-0.2, -0.15) is 0 Å². The van der Waals surface area contributed by atoms with Crippen LogP contribution < -0.4 is 10.0 Å². The van der Waals surface area contributed by atoms with E-state index in [9.17, 15) is 13.2 Å². The van der Waals surface area contributed by atoms with Crippen molar-refractivity contribution in [2.45, 2.75) is 25.0 Å². The Balaban J connectivity index is 1.72. The Labute approximate surface area is 130 Å². The molecular formula is C14H19ClN2O3S. The average molecular weight is 331 g/mol. The van der Waals surface area contributed by atoms with Gasteiger partial charge in [0, 0.05) is 23.7 Å². The fraction of sp³-hybridized carbons (Fsp3) is 0.500. The Bertz CT molecular complexity index is 595. The highest BCUT2D eigenvalue weighted by molar-refractivity contribution is 7.90. The van der Waals surface area contributed by atoms with Crippen LogP contribution in [0.2, 0.25) is 5.02 Å². The van der Waals surface area contributed by atoms with Gasteiger partial charge >= 0.3 is 0 Å². The van der Waals surface area contributed by atoms with Crippen LogP contribution in [0.15, 0.2) is 24.3 Å². The number of carbonyl (C=O) groups excluding carboxylic acids is 1. The largest absolute Gasteiger partial charge is 0.351 e. The summed E-state index contributed by atoms with van der Waals surface area (Å²) in [6.45, 7) is 2.49. The van der Waals surface area contributed by atoms with E-state index in [0.717, 1.165) is 0 Å². The van der Waals surface area contributed by atoms with Crippen molar-refractivity contribution < 1.29 is 13.2 Å². The molecule has 21 heavy (non-hydrogen) atoms. The Morgan fingerprint density at radius 2 is 1.86 bits per heavy atom. The van der Waals surface area contributed by atoms with Gasteiger partial charge in [0.1, 0.15) is 0 Å². The molecule has 1 amide bonds. The molecule has 1 aliphatic carbocycles. The highest BCUT2D eigenvalue weighted by Gasteiger charge is 2.35. The summed E-state index contributed by atoms with van der Waals surface area (Å²) in [4.78, 5) is 11.8. The van der Waals surface area contributed by atoms with E-state index in [2.05, 4.69) is 10.0 Å². The summed E-state index contributed by atoms with van der Waals surface area (Å²) in [6.07, 6.45) is 1.43. The number of hydrogen-bond acceptors (Lipinski definition) is 3. The summed E-state index contributed by atoms with van der Waals surface area (Å²) >= 11 is 5.74. The molecule has 2 rings (SSSR count). The van der Waals surface area contributed by atoms with E-state index in [1.807, 2.05) is 6.92 Å². The van der Waals surface area contributed by atoms with Gasteiger partial charge in [-0.05, 0) is 43.0 Å². The monoisotopic (exact) mass is 330 g/mol. The number of halogens is 1. The summed E-state index contributed by atoms with van der Waals surface area (Å²) in [5, 5.41) is 2.95. The third-order valence-electron chi connectivity index (χ3n) is 3.59. The number of benzene rings is 1. The minimum atomic E-state index is -3.24. The van der Waals surface area contributed by atoms with Crippen LogP contribution in [-0.4, -0.2) is 32.7 Å². The molecule has 0 bridgehead atoms. The molecule has 1 fully saturated rings. The molecule has 0 saturated heterocycles. The van der Waals surface area contributed by atoms with E-state index in [0.29, 0.717) is 29.3 Å². The topological polar surface area (TPSA) is 75.3 Å². The maximum Gasteiger partial charge on any atom is 0.251 e. The molecule has 0 atom stereocenters. The normalized spacial score (nSPS) is 21.6. The van der Waals surface area contributed by atoms with Crippen molar-refractivity contribution in [3.05, 3.63) is 34.9 Å². The summed E-state index contributed by atoms with van der Waals surface area (Å²) in [5.74, 6) is 0.235. The van der Waals surface area contributed by atoms with Crippen LogP contribution in [0.5, 0.6) is 0 Å². The van der Waals surface area contributed by atoms with E-state index in [4.69, 9.17) is 11.6 Å². The van der Waals surface area contributed by atoms with Crippen molar-refractivity contribution in [2.24, 2.45) is 5.92 Å². The van der Waals surface area contributed by atoms with Gasteiger partial charge in [-0.1, -0.05) is 18.5 Å². The van der Waals surface area contributed by atoms with Gasteiger partial charge in [0.2, 0.25) is 10.0 Å².